The van der Waals surface area contributed by atoms with Crippen LogP contribution in [0.15, 0.2) is 21.4 Å². The summed E-state index contributed by atoms with van der Waals surface area (Å²) in [5, 5.41) is 0.936. The first-order valence-corrected chi connectivity index (χ1v) is 8.97. The second kappa shape index (κ2) is 6.06. The van der Waals surface area contributed by atoms with Crippen molar-refractivity contribution < 1.29 is 22.7 Å². The van der Waals surface area contributed by atoms with Gasteiger partial charge in [-0.15, -0.1) is 0 Å². The van der Waals surface area contributed by atoms with Crippen LogP contribution in [0.1, 0.15) is 32.1 Å². The molecule has 24 heavy (non-hydrogen) atoms. The third kappa shape index (κ3) is 3.29. The summed E-state index contributed by atoms with van der Waals surface area (Å²) < 4.78 is 31.9. The molecule has 1 aliphatic rings. The summed E-state index contributed by atoms with van der Waals surface area (Å²) in [4.78, 5) is 14.1. The van der Waals surface area contributed by atoms with Gasteiger partial charge >= 0.3 is 6.09 Å². The van der Waals surface area contributed by atoms with Crippen LogP contribution in [-0.2, 0) is 28.8 Å². The molecular weight excluding hydrogens is 354 g/mol. The summed E-state index contributed by atoms with van der Waals surface area (Å²) in [6.07, 6.45) is 0.146. The summed E-state index contributed by atoms with van der Waals surface area (Å²) in [5.74, 6) is 0.743. The van der Waals surface area contributed by atoms with E-state index < -0.39 is 22.8 Å². The highest BCUT2D eigenvalue weighted by atomic mass is 35.5. The number of nitrogens with zero attached hydrogens (tertiary/aromatic N) is 1. The van der Waals surface area contributed by atoms with Crippen LogP contribution in [0.5, 0.6) is 0 Å². The zero-order chi connectivity index (χ0) is 17.6. The van der Waals surface area contributed by atoms with Crippen LogP contribution in [0, 0.1) is 0 Å². The fraction of sp³-hybridized carbons (Fsp3) is 0.438. The number of benzene rings is 1. The molecule has 130 valence electrons. The van der Waals surface area contributed by atoms with E-state index in [1.165, 1.54) is 6.07 Å². The Hall–Kier alpha value is -1.57. The quantitative estimate of drug-likeness (QED) is 0.767. The van der Waals surface area contributed by atoms with E-state index >= 15 is 0 Å². The molecule has 1 amide bonds. The molecule has 1 atom stereocenters. The van der Waals surface area contributed by atoms with Gasteiger partial charge in [-0.2, -0.15) is 0 Å². The summed E-state index contributed by atoms with van der Waals surface area (Å²) >= 11 is 4.02. The van der Waals surface area contributed by atoms with Crippen molar-refractivity contribution in [1.29, 1.82) is 0 Å². The maximum atomic E-state index is 12.3. The van der Waals surface area contributed by atoms with Crippen molar-refractivity contribution in [2.45, 2.75) is 44.2 Å². The first-order valence-electron chi connectivity index (χ1n) is 7.48. The number of amides is 1. The minimum absolute atomic E-state index is 0.200. The fourth-order valence-electron chi connectivity index (χ4n) is 2.70. The number of furan rings is 1. The standard InChI is InChI=1S/C16H18ClNO5S/c1-16(2,3)23-15(19)18-5-4-13-11(8-18)10-6-9(24(20)21)7-12(17)14(10)22-13/h6-7H,4-5,8H2,1-3H3,(H,20,21). The molecule has 1 aromatic carbocycles. The van der Waals surface area contributed by atoms with Crippen LogP contribution in [0.3, 0.4) is 0 Å². The largest absolute Gasteiger partial charge is 0.459 e. The highest BCUT2D eigenvalue weighted by Crippen LogP contribution is 2.36. The predicted molar refractivity (Wildman–Crippen MR) is 90.6 cm³/mol. The lowest BCUT2D eigenvalue weighted by Crippen LogP contribution is -2.39. The van der Waals surface area contributed by atoms with E-state index in [0.717, 1.165) is 11.3 Å². The Bertz CT molecular complexity index is 839. The van der Waals surface area contributed by atoms with E-state index in [-0.39, 0.29) is 9.92 Å². The number of hydrogen-bond acceptors (Lipinski definition) is 4. The molecule has 1 unspecified atom stereocenters. The number of fused-ring (bicyclic) bond motifs is 3. The van der Waals surface area contributed by atoms with Crippen LogP contribution < -0.4 is 0 Å². The van der Waals surface area contributed by atoms with Crippen molar-refractivity contribution >= 4 is 39.7 Å². The lowest BCUT2D eigenvalue weighted by molar-refractivity contribution is 0.0220. The number of carbonyl (C=O) groups is 1. The lowest BCUT2D eigenvalue weighted by atomic mass is 10.1. The zero-order valence-corrected chi connectivity index (χ0v) is 15.2. The van der Waals surface area contributed by atoms with Gasteiger partial charge < -0.3 is 18.6 Å². The highest BCUT2D eigenvalue weighted by molar-refractivity contribution is 7.79. The molecule has 0 aliphatic carbocycles. The smallest absolute Gasteiger partial charge is 0.410 e. The lowest BCUT2D eigenvalue weighted by Gasteiger charge is -2.29. The molecule has 3 rings (SSSR count). The average molecular weight is 372 g/mol. The number of ether oxygens (including phenoxy) is 1. The molecule has 2 heterocycles. The van der Waals surface area contributed by atoms with E-state index in [1.807, 2.05) is 20.8 Å². The maximum absolute atomic E-state index is 12.3. The fourth-order valence-corrected chi connectivity index (χ4v) is 3.46. The number of rotatable bonds is 1. The zero-order valence-electron chi connectivity index (χ0n) is 13.6. The summed E-state index contributed by atoms with van der Waals surface area (Å²) in [7, 11) is 0. The van der Waals surface area contributed by atoms with Gasteiger partial charge in [0, 0.05) is 23.9 Å². The molecule has 0 fully saturated rings. The molecular formula is C16H18ClNO5S. The Morgan fingerprint density at radius 3 is 2.75 bits per heavy atom. The Morgan fingerprint density at radius 2 is 2.12 bits per heavy atom. The van der Waals surface area contributed by atoms with Crippen LogP contribution in [0.4, 0.5) is 4.79 Å². The maximum Gasteiger partial charge on any atom is 0.410 e. The Labute approximate surface area is 147 Å². The van der Waals surface area contributed by atoms with Gasteiger partial charge in [-0.05, 0) is 32.9 Å². The third-order valence-corrected chi connectivity index (χ3v) is 4.63. The molecule has 0 saturated carbocycles. The van der Waals surface area contributed by atoms with Crippen LogP contribution in [0.2, 0.25) is 5.02 Å². The Balaban J connectivity index is 1.98. The van der Waals surface area contributed by atoms with E-state index in [1.54, 1.807) is 11.0 Å². The van der Waals surface area contributed by atoms with Crippen molar-refractivity contribution in [3.8, 4) is 0 Å². The molecule has 1 aromatic heterocycles. The number of halogens is 1. The molecule has 0 saturated heterocycles. The van der Waals surface area contributed by atoms with Crippen molar-refractivity contribution in [2.75, 3.05) is 6.54 Å². The minimum atomic E-state index is -2.14. The van der Waals surface area contributed by atoms with Crippen molar-refractivity contribution in [2.24, 2.45) is 0 Å². The van der Waals surface area contributed by atoms with E-state index in [4.69, 9.17) is 20.8 Å². The second-order valence-electron chi connectivity index (χ2n) is 6.69. The average Bonchev–Trinajstić information content (AvgIpc) is 2.84. The molecule has 1 aliphatic heterocycles. The van der Waals surface area contributed by atoms with Gasteiger partial charge in [0.25, 0.3) is 0 Å². The summed E-state index contributed by atoms with van der Waals surface area (Å²) in [6, 6.07) is 3.00. The van der Waals surface area contributed by atoms with Crippen LogP contribution >= 0.6 is 11.6 Å². The van der Waals surface area contributed by atoms with Gasteiger partial charge in [0.15, 0.2) is 16.7 Å². The van der Waals surface area contributed by atoms with E-state index in [2.05, 4.69) is 0 Å². The Kier molecular flexibility index (Phi) is 4.36. The molecule has 0 bridgehead atoms. The normalized spacial score (nSPS) is 16.1. The summed E-state index contributed by atoms with van der Waals surface area (Å²) in [5.41, 5.74) is 0.707. The topological polar surface area (TPSA) is 80.0 Å². The van der Waals surface area contributed by atoms with Gasteiger partial charge in [0.05, 0.1) is 16.5 Å². The van der Waals surface area contributed by atoms with Gasteiger partial charge in [0.1, 0.15) is 11.4 Å². The van der Waals surface area contributed by atoms with Crippen molar-refractivity contribution in [3.05, 3.63) is 28.5 Å². The Morgan fingerprint density at radius 1 is 1.42 bits per heavy atom. The minimum Gasteiger partial charge on any atom is -0.459 e. The predicted octanol–water partition coefficient (Wildman–Crippen LogP) is 3.96. The third-order valence-electron chi connectivity index (χ3n) is 3.72. The number of carbonyl (C=O) groups excluding carboxylic acids is 1. The molecule has 0 radical (unpaired) electrons. The molecule has 2 aromatic rings. The molecule has 1 N–H and O–H groups in total. The van der Waals surface area contributed by atoms with E-state index in [9.17, 15) is 13.6 Å². The van der Waals surface area contributed by atoms with Crippen LogP contribution in [-0.4, -0.2) is 31.9 Å². The first-order chi connectivity index (χ1) is 11.2. The van der Waals surface area contributed by atoms with Gasteiger partial charge in [0.2, 0.25) is 0 Å². The first kappa shape index (κ1) is 17.3. The van der Waals surface area contributed by atoms with Crippen molar-refractivity contribution in [1.82, 2.24) is 4.90 Å². The number of hydrogen-bond donors (Lipinski definition) is 1. The molecule has 6 nitrogen and oxygen atoms in total. The monoisotopic (exact) mass is 371 g/mol. The van der Waals surface area contributed by atoms with Crippen LogP contribution in [0.25, 0.3) is 11.0 Å². The van der Waals surface area contributed by atoms with E-state index in [0.29, 0.717) is 30.5 Å². The van der Waals surface area contributed by atoms with Gasteiger partial charge in [-0.3, -0.25) is 0 Å². The summed E-state index contributed by atoms with van der Waals surface area (Å²) in [6.45, 7) is 6.25. The molecule has 0 spiro atoms. The molecule has 8 heteroatoms. The van der Waals surface area contributed by atoms with Gasteiger partial charge in [-0.1, -0.05) is 11.6 Å². The SMILES string of the molecule is CC(C)(C)OC(=O)N1CCc2oc3c(Cl)cc(S(=O)O)cc3c2C1. The second-order valence-corrected chi connectivity index (χ2v) is 8.06. The highest BCUT2D eigenvalue weighted by Gasteiger charge is 2.29. The van der Waals surface area contributed by atoms with Crippen molar-refractivity contribution in [3.63, 3.8) is 0 Å². The van der Waals surface area contributed by atoms with Gasteiger partial charge in [-0.25, -0.2) is 9.00 Å².